The van der Waals surface area contributed by atoms with Gasteiger partial charge in [-0.3, -0.25) is 4.99 Å². The Morgan fingerprint density at radius 3 is 2.62 bits per heavy atom. The number of guanidine groups is 1. The van der Waals surface area contributed by atoms with Crippen LogP contribution in [0.4, 0.5) is 10.5 Å². The van der Waals surface area contributed by atoms with Gasteiger partial charge in [0.2, 0.25) is 0 Å². The number of rotatable bonds is 7. The molecule has 3 N–H and O–H groups in total. The summed E-state index contributed by atoms with van der Waals surface area (Å²) in [6, 6.07) is 10.9. The molecule has 0 spiro atoms. The SMILES string of the molecule is CCNC(=NCCCNC(=O)OC(C)(C)C)NC1CCN(c2ccccc2)C1.I. The van der Waals surface area contributed by atoms with Crippen molar-refractivity contribution in [1.29, 1.82) is 0 Å². The lowest BCUT2D eigenvalue weighted by Crippen LogP contribution is -2.44. The molecule has 1 aromatic carbocycles. The summed E-state index contributed by atoms with van der Waals surface area (Å²) in [6.07, 6.45) is 1.46. The monoisotopic (exact) mass is 517 g/mol. The number of amides is 1. The van der Waals surface area contributed by atoms with E-state index >= 15 is 0 Å². The number of carbonyl (C=O) groups is 1. The van der Waals surface area contributed by atoms with Gasteiger partial charge in [0.1, 0.15) is 5.60 Å². The zero-order chi connectivity index (χ0) is 20.4. The Bertz CT molecular complexity index is 634. The summed E-state index contributed by atoms with van der Waals surface area (Å²) >= 11 is 0. The molecule has 1 unspecified atom stereocenters. The largest absolute Gasteiger partial charge is 0.444 e. The molecule has 1 heterocycles. The van der Waals surface area contributed by atoms with Gasteiger partial charge in [0.25, 0.3) is 0 Å². The van der Waals surface area contributed by atoms with Crippen LogP contribution in [0, 0.1) is 0 Å². The molecule has 164 valence electrons. The van der Waals surface area contributed by atoms with Crippen molar-refractivity contribution in [2.75, 3.05) is 37.6 Å². The van der Waals surface area contributed by atoms with Gasteiger partial charge in [0, 0.05) is 44.5 Å². The van der Waals surface area contributed by atoms with E-state index in [1.807, 2.05) is 26.8 Å². The maximum Gasteiger partial charge on any atom is 0.407 e. The van der Waals surface area contributed by atoms with E-state index in [4.69, 9.17) is 4.74 Å². The zero-order valence-corrected chi connectivity index (χ0v) is 20.4. The summed E-state index contributed by atoms with van der Waals surface area (Å²) in [4.78, 5) is 18.7. The first-order valence-corrected chi connectivity index (χ1v) is 10.2. The van der Waals surface area contributed by atoms with Gasteiger partial charge in [-0.1, -0.05) is 18.2 Å². The maximum atomic E-state index is 11.6. The van der Waals surface area contributed by atoms with Crippen LogP contribution in [-0.2, 0) is 4.74 Å². The number of nitrogens with one attached hydrogen (secondary N) is 3. The lowest BCUT2D eigenvalue weighted by atomic mass is 10.2. The first kappa shape index (κ1) is 25.3. The molecule has 1 atom stereocenters. The summed E-state index contributed by atoms with van der Waals surface area (Å²) in [5.74, 6) is 0.833. The van der Waals surface area contributed by atoms with Crippen molar-refractivity contribution in [3.05, 3.63) is 30.3 Å². The molecule has 29 heavy (non-hydrogen) atoms. The van der Waals surface area contributed by atoms with E-state index < -0.39 is 5.60 Å². The van der Waals surface area contributed by atoms with Crippen LogP contribution in [0.25, 0.3) is 0 Å². The lowest BCUT2D eigenvalue weighted by molar-refractivity contribution is 0.0527. The number of nitrogens with zero attached hydrogens (tertiary/aromatic N) is 2. The summed E-state index contributed by atoms with van der Waals surface area (Å²) in [6.45, 7) is 11.6. The van der Waals surface area contributed by atoms with Crippen LogP contribution in [0.5, 0.6) is 0 Å². The predicted molar refractivity (Wildman–Crippen MR) is 130 cm³/mol. The van der Waals surface area contributed by atoms with Gasteiger partial charge < -0.3 is 25.6 Å². The Morgan fingerprint density at radius 2 is 1.97 bits per heavy atom. The molecule has 0 aromatic heterocycles. The molecule has 1 saturated heterocycles. The Balaban J connectivity index is 0.00000420. The van der Waals surface area contributed by atoms with Gasteiger partial charge >= 0.3 is 6.09 Å². The fourth-order valence-corrected chi connectivity index (χ4v) is 3.04. The van der Waals surface area contributed by atoms with Crippen LogP contribution in [0.3, 0.4) is 0 Å². The van der Waals surface area contributed by atoms with Crippen LogP contribution in [-0.4, -0.2) is 56.4 Å². The lowest BCUT2D eigenvalue weighted by Gasteiger charge is -2.20. The number of alkyl carbamates (subject to hydrolysis) is 1. The molecule has 1 fully saturated rings. The highest BCUT2D eigenvalue weighted by Gasteiger charge is 2.23. The summed E-state index contributed by atoms with van der Waals surface area (Å²) < 4.78 is 5.22. The number of halogens is 1. The zero-order valence-electron chi connectivity index (χ0n) is 18.0. The average Bonchev–Trinajstić information content (AvgIpc) is 3.09. The maximum absolute atomic E-state index is 11.6. The second-order valence-electron chi connectivity index (χ2n) is 7.95. The quantitative estimate of drug-likeness (QED) is 0.224. The number of anilines is 1. The fourth-order valence-electron chi connectivity index (χ4n) is 3.04. The smallest absolute Gasteiger partial charge is 0.407 e. The van der Waals surface area contributed by atoms with E-state index in [9.17, 15) is 4.79 Å². The summed E-state index contributed by atoms with van der Waals surface area (Å²) in [7, 11) is 0. The van der Waals surface area contributed by atoms with Gasteiger partial charge in [-0.2, -0.15) is 0 Å². The Kier molecular flexibility index (Phi) is 11.2. The second-order valence-corrected chi connectivity index (χ2v) is 7.95. The molecule has 0 aliphatic carbocycles. The topological polar surface area (TPSA) is 78.0 Å². The fraction of sp³-hybridized carbons (Fsp3) is 0.619. The normalized spacial score (nSPS) is 16.8. The molecule has 1 aliphatic rings. The molecule has 2 rings (SSSR count). The molecule has 1 aromatic rings. The third kappa shape index (κ3) is 10.0. The van der Waals surface area contributed by atoms with Crippen molar-refractivity contribution in [3.8, 4) is 0 Å². The molecular formula is C21H36IN5O2. The number of carbonyl (C=O) groups excluding carboxylic acids is 1. The highest BCUT2D eigenvalue weighted by molar-refractivity contribution is 14.0. The third-order valence-corrected chi connectivity index (χ3v) is 4.27. The van der Waals surface area contributed by atoms with Crippen LogP contribution >= 0.6 is 24.0 Å². The van der Waals surface area contributed by atoms with Crippen molar-refractivity contribution >= 4 is 41.7 Å². The Morgan fingerprint density at radius 1 is 1.24 bits per heavy atom. The number of para-hydroxylation sites is 1. The van der Waals surface area contributed by atoms with Crippen molar-refractivity contribution < 1.29 is 9.53 Å². The summed E-state index contributed by atoms with van der Waals surface area (Å²) in [5, 5.41) is 9.60. The molecule has 0 bridgehead atoms. The average molecular weight is 517 g/mol. The predicted octanol–water partition coefficient (Wildman–Crippen LogP) is 3.35. The van der Waals surface area contributed by atoms with Crippen LogP contribution in [0.2, 0.25) is 0 Å². The molecule has 7 nitrogen and oxygen atoms in total. The van der Waals surface area contributed by atoms with Gasteiger partial charge in [-0.25, -0.2) is 4.79 Å². The van der Waals surface area contributed by atoms with Gasteiger partial charge in [0.15, 0.2) is 5.96 Å². The molecule has 0 saturated carbocycles. The first-order valence-electron chi connectivity index (χ1n) is 10.2. The van der Waals surface area contributed by atoms with Crippen molar-refractivity contribution in [1.82, 2.24) is 16.0 Å². The van der Waals surface area contributed by atoms with E-state index in [1.54, 1.807) is 0 Å². The van der Waals surface area contributed by atoms with Gasteiger partial charge in [-0.15, -0.1) is 24.0 Å². The van der Waals surface area contributed by atoms with Crippen molar-refractivity contribution in [2.45, 2.75) is 52.2 Å². The molecule has 1 amide bonds. The van der Waals surface area contributed by atoms with Crippen LogP contribution in [0.1, 0.15) is 40.5 Å². The van der Waals surface area contributed by atoms with Crippen LogP contribution in [0.15, 0.2) is 35.3 Å². The van der Waals surface area contributed by atoms with E-state index in [-0.39, 0.29) is 30.1 Å². The number of benzene rings is 1. The highest BCUT2D eigenvalue weighted by atomic mass is 127. The minimum absolute atomic E-state index is 0. The molecular weight excluding hydrogens is 481 g/mol. The number of aliphatic imine (C=N–C) groups is 1. The Hall–Kier alpha value is -1.71. The number of hydrogen-bond donors (Lipinski definition) is 3. The molecule has 0 radical (unpaired) electrons. The van der Waals surface area contributed by atoms with Crippen molar-refractivity contribution in [2.24, 2.45) is 4.99 Å². The highest BCUT2D eigenvalue weighted by Crippen LogP contribution is 2.19. The minimum atomic E-state index is -0.473. The van der Waals surface area contributed by atoms with E-state index in [0.717, 1.165) is 38.4 Å². The number of ether oxygens (including phenoxy) is 1. The van der Waals surface area contributed by atoms with Crippen LogP contribution < -0.4 is 20.9 Å². The Labute approximate surface area is 192 Å². The molecule has 8 heteroatoms. The number of hydrogen-bond acceptors (Lipinski definition) is 4. The van der Waals surface area contributed by atoms with Gasteiger partial charge in [-0.05, 0) is 52.7 Å². The molecule has 1 aliphatic heterocycles. The minimum Gasteiger partial charge on any atom is -0.444 e. The standard InChI is InChI=1S/C21H35N5O2.HI/c1-5-22-19(23-13-9-14-24-20(27)28-21(2,3)4)25-17-12-15-26(16-17)18-10-7-6-8-11-18;/h6-8,10-11,17H,5,9,12-16H2,1-4H3,(H,24,27)(H2,22,23,25);1H. The second kappa shape index (κ2) is 12.8. The first-order chi connectivity index (χ1) is 13.4. The summed E-state index contributed by atoms with van der Waals surface area (Å²) in [5.41, 5.74) is 0.793. The van der Waals surface area contributed by atoms with E-state index in [1.165, 1.54) is 5.69 Å². The van der Waals surface area contributed by atoms with E-state index in [0.29, 0.717) is 19.1 Å². The third-order valence-electron chi connectivity index (χ3n) is 4.27. The van der Waals surface area contributed by atoms with Crippen molar-refractivity contribution in [3.63, 3.8) is 0 Å². The van der Waals surface area contributed by atoms with E-state index in [2.05, 4.69) is 57.0 Å². The van der Waals surface area contributed by atoms with Gasteiger partial charge in [0.05, 0.1) is 0 Å².